The molecular formula is C17H17ClN2O3. The van der Waals surface area contributed by atoms with E-state index in [1.807, 2.05) is 30.3 Å². The number of methoxy groups -OCH3 is 1. The van der Waals surface area contributed by atoms with Gasteiger partial charge in [0.25, 0.3) is 5.91 Å². The van der Waals surface area contributed by atoms with Gasteiger partial charge in [-0.15, -0.1) is 0 Å². The molecule has 0 bridgehead atoms. The maximum atomic E-state index is 12.1. The van der Waals surface area contributed by atoms with Crippen molar-refractivity contribution < 1.29 is 14.3 Å². The molecule has 0 spiro atoms. The van der Waals surface area contributed by atoms with Gasteiger partial charge in [0, 0.05) is 18.2 Å². The SMILES string of the molecule is COCCN1C(=O)C/C(=C/C=C/c2ccccc2/N=C/Cl)C1=O. The lowest BCUT2D eigenvalue weighted by Crippen LogP contribution is -2.32. The molecule has 0 aromatic heterocycles. The Morgan fingerprint density at radius 1 is 1.35 bits per heavy atom. The molecule has 2 amide bonds. The number of hydrogen-bond donors (Lipinski definition) is 0. The molecule has 1 aromatic rings. The zero-order valence-corrected chi connectivity index (χ0v) is 13.5. The van der Waals surface area contributed by atoms with Crippen LogP contribution in [0.5, 0.6) is 0 Å². The van der Waals surface area contributed by atoms with Crippen LogP contribution in [0.15, 0.2) is 47.0 Å². The van der Waals surface area contributed by atoms with Crippen molar-refractivity contribution in [2.45, 2.75) is 6.42 Å². The number of imide groups is 1. The number of likely N-dealkylation sites (tertiary alicyclic amines) is 1. The average molecular weight is 333 g/mol. The fraction of sp³-hybridized carbons (Fsp3) is 0.235. The number of halogens is 1. The van der Waals surface area contributed by atoms with Crippen LogP contribution >= 0.6 is 11.6 Å². The normalized spacial score (nSPS) is 17.3. The monoisotopic (exact) mass is 332 g/mol. The summed E-state index contributed by atoms with van der Waals surface area (Å²) in [4.78, 5) is 29.2. The van der Waals surface area contributed by atoms with E-state index in [0.29, 0.717) is 12.2 Å². The van der Waals surface area contributed by atoms with Gasteiger partial charge in [-0.05, 0) is 6.07 Å². The number of carbonyl (C=O) groups is 2. The van der Waals surface area contributed by atoms with Gasteiger partial charge in [-0.1, -0.05) is 48.0 Å². The molecule has 0 radical (unpaired) electrons. The highest BCUT2D eigenvalue weighted by molar-refractivity contribution is 6.56. The van der Waals surface area contributed by atoms with E-state index in [0.717, 1.165) is 11.3 Å². The van der Waals surface area contributed by atoms with Gasteiger partial charge < -0.3 is 4.74 Å². The number of para-hydroxylation sites is 1. The van der Waals surface area contributed by atoms with Crippen molar-refractivity contribution in [3.05, 3.63) is 47.6 Å². The van der Waals surface area contributed by atoms with Crippen molar-refractivity contribution >= 4 is 40.9 Å². The summed E-state index contributed by atoms with van der Waals surface area (Å²) in [5.74, 6) is -0.456. The van der Waals surface area contributed by atoms with E-state index >= 15 is 0 Å². The molecule has 1 heterocycles. The van der Waals surface area contributed by atoms with Crippen LogP contribution in [0, 0.1) is 0 Å². The lowest BCUT2D eigenvalue weighted by Gasteiger charge is -2.11. The summed E-state index contributed by atoms with van der Waals surface area (Å²) in [5.41, 5.74) is 3.28. The highest BCUT2D eigenvalue weighted by Gasteiger charge is 2.32. The second-order valence-corrected chi connectivity index (χ2v) is 5.05. The maximum absolute atomic E-state index is 12.1. The molecule has 1 saturated heterocycles. The summed E-state index contributed by atoms with van der Waals surface area (Å²) in [5, 5.41) is 0. The second kappa shape index (κ2) is 8.41. The molecule has 2 rings (SSSR count). The van der Waals surface area contributed by atoms with Crippen molar-refractivity contribution in [2.75, 3.05) is 20.3 Å². The van der Waals surface area contributed by atoms with Crippen LogP contribution in [-0.4, -0.2) is 42.6 Å². The first-order valence-corrected chi connectivity index (χ1v) is 7.53. The molecule has 1 aliphatic rings. The predicted molar refractivity (Wildman–Crippen MR) is 90.8 cm³/mol. The molecule has 1 aliphatic heterocycles. The van der Waals surface area contributed by atoms with Crippen LogP contribution in [0.3, 0.4) is 0 Å². The molecule has 0 saturated carbocycles. The summed E-state index contributed by atoms with van der Waals surface area (Å²) >= 11 is 5.51. The van der Waals surface area contributed by atoms with Crippen LogP contribution in [0.4, 0.5) is 5.69 Å². The fourth-order valence-corrected chi connectivity index (χ4v) is 2.33. The number of ether oxygens (including phenoxy) is 1. The lowest BCUT2D eigenvalue weighted by atomic mass is 10.1. The summed E-state index contributed by atoms with van der Waals surface area (Å²) in [6.07, 6.45) is 5.34. The number of hydrogen-bond acceptors (Lipinski definition) is 4. The first kappa shape index (κ1) is 17.1. The summed E-state index contributed by atoms with van der Waals surface area (Å²) < 4.78 is 4.91. The highest BCUT2D eigenvalue weighted by atomic mass is 35.5. The third-order valence-electron chi connectivity index (χ3n) is 3.38. The highest BCUT2D eigenvalue weighted by Crippen LogP contribution is 2.21. The zero-order valence-electron chi connectivity index (χ0n) is 12.7. The van der Waals surface area contributed by atoms with Gasteiger partial charge in [-0.25, -0.2) is 4.99 Å². The quantitative estimate of drug-likeness (QED) is 0.457. The molecule has 1 aromatic carbocycles. The van der Waals surface area contributed by atoms with Crippen molar-refractivity contribution in [3.8, 4) is 0 Å². The molecule has 1 fully saturated rings. The number of nitrogens with zero attached hydrogens (tertiary/aromatic N) is 2. The first-order chi connectivity index (χ1) is 11.2. The number of amides is 2. The van der Waals surface area contributed by atoms with Gasteiger partial charge in [0.15, 0.2) is 0 Å². The van der Waals surface area contributed by atoms with Crippen molar-refractivity contribution in [3.63, 3.8) is 0 Å². The third-order valence-corrected chi connectivity index (χ3v) is 3.48. The van der Waals surface area contributed by atoms with Crippen LogP contribution in [0.2, 0.25) is 0 Å². The van der Waals surface area contributed by atoms with Crippen LogP contribution < -0.4 is 0 Å². The largest absolute Gasteiger partial charge is 0.383 e. The van der Waals surface area contributed by atoms with Gasteiger partial charge in [0.2, 0.25) is 5.91 Å². The zero-order chi connectivity index (χ0) is 16.7. The Balaban J connectivity index is 2.12. The Hall–Kier alpha value is -2.24. The van der Waals surface area contributed by atoms with Gasteiger partial charge in [0.1, 0.15) is 0 Å². The lowest BCUT2D eigenvalue weighted by molar-refractivity contribution is -0.138. The average Bonchev–Trinajstić information content (AvgIpc) is 2.81. The minimum Gasteiger partial charge on any atom is -0.383 e. The van der Waals surface area contributed by atoms with Crippen LogP contribution in [0.25, 0.3) is 6.08 Å². The van der Waals surface area contributed by atoms with E-state index in [9.17, 15) is 9.59 Å². The van der Waals surface area contributed by atoms with Gasteiger partial charge >= 0.3 is 0 Å². The van der Waals surface area contributed by atoms with Crippen LogP contribution in [0.1, 0.15) is 12.0 Å². The fourth-order valence-electron chi connectivity index (χ4n) is 2.23. The molecule has 0 unspecified atom stereocenters. The third kappa shape index (κ3) is 4.37. The Labute approximate surface area is 139 Å². The van der Waals surface area contributed by atoms with Crippen molar-refractivity contribution in [1.82, 2.24) is 4.90 Å². The topological polar surface area (TPSA) is 59.0 Å². The predicted octanol–water partition coefficient (Wildman–Crippen LogP) is 2.93. The first-order valence-electron chi connectivity index (χ1n) is 7.10. The van der Waals surface area contributed by atoms with Gasteiger partial charge in [-0.2, -0.15) is 0 Å². The minimum absolute atomic E-state index is 0.119. The number of benzene rings is 1. The molecule has 0 N–H and O–H groups in total. The van der Waals surface area contributed by atoms with Gasteiger partial charge in [-0.3, -0.25) is 14.5 Å². The van der Waals surface area contributed by atoms with E-state index in [1.165, 1.54) is 17.7 Å². The van der Waals surface area contributed by atoms with E-state index in [-0.39, 0.29) is 24.8 Å². The van der Waals surface area contributed by atoms with E-state index in [2.05, 4.69) is 4.99 Å². The summed E-state index contributed by atoms with van der Waals surface area (Å²) in [6.45, 7) is 0.618. The Morgan fingerprint density at radius 2 is 2.13 bits per heavy atom. The van der Waals surface area contributed by atoms with Crippen molar-refractivity contribution in [1.29, 1.82) is 0 Å². The number of carbonyl (C=O) groups excluding carboxylic acids is 2. The molecule has 23 heavy (non-hydrogen) atoms. The number of allylic oxidation sites excluding steroid dienone is 2. The Morgan fingerprint density at radius 3 is 2.87 bits per heavy atom. The molecule has 0 aliphatic carbocycles. The molecular weight excluding hydrogens is 316 g/mol. The van der Waals surface area contributed by atoms with Crippen molar-refractivity contribution in [2.24, 2.45) is 4.99 Å². The van der Waals surface area contributed by atoms with Crippen LogP contribution in [-0.2, 0) is 14.3 Å². The Bertz CT molecular complexity index is 680. The maximum Gasteiger partial charge on any atom is 0.256 e. The number of aliphatic imine (C=N–C) groups is 1. The van der Waals surface area contributed by atoms with Gasteiger partial charge in [0.05, 0.1) is 30.9 Å². The smallest absolute Gasteiger partial charge is 0.256 e. The molecule has 120 valence electrons. The summed E-state index contributed by atoms with van der Waals surface area (Å²) in [6, 6.07) is 7.47. The van der Waals surface area contributed by atoms with E-state index < -0.39 is 0 Å². The molecule has 0 atom stereocenters. The summed E-state index contributed by atoms with van der Waals surface area (Å²) in [7, 11) is 1.53. The Kier molecular flexibility index (Phi) is 6.26. The molecule has 6 heteroatoms. The van der Waals surface area contributed by atoms with E-state index in [1.54, 1.807) is 12.2 Å². The van der Waals surface area contributed by atoms with E-state index in [4.69, 9.17) is 16.3 Å². The molecule has 5 nitrogen and oxygen atoms in total. The number of rotatable bonds is 6. The standard InChI is InChI=1S/C17H17ClN2O3/c1-23-10-9-20-16(21)11-14(17(20)22)7-4-6-13-5-2-3-8-15(13)19-12-18/h2-8,12H,9-11H2,1H3/b6-4+,14-7-,19-12+. The second-order valence-electron chi connectivity index (χ2n) is 4.86. The minimum atomic E-state index is -0.260.